The van der Waals surface area contributed by atoms with Gasteiger partial charge in [0.05, 0.1) is 39.0 Å². The van der Waals surface area contributed by atoms with Crippen LogP contribution < -0.4 is 4.74 Å². The molecular weight excluding hydrogens is 359 g/mol. The van der Waals surface area contributed by atoms with Crippen molar-refractivity contribution < 1.29 is 18.6 Å². The van der Waals surface area contributed by atoms with Gasteiger partial charge in [-0.25, -0.2) is 9.38 Å². The number of aliphatic imine (C=N–C) groups is 1. The van der Waals surface area contributed by atoms with Crippen molar-refractivity contribution >= 4 is 12.0 Å². The van der Waals surface area contributed by atoms with Crippen LogP contribution in [0.3, 0.4) is 0 Å². The van der Waals surface area contributed by atoms with Crippen LogP contribution in [0.25, 0.3) is 0 Å². The number of hydrogen-bond donors (Lipinski definition) is 0. The zero-order valence-electron chi connectivity index (χ0n) is 16.9. The number of benzene rings is 2. The highest BCUT2D eigenvalue weighted by molar-refractivity contribution is 5.65. The maximum Gasteiger partial charge on any atom is 0.143 e. The molecule has 0 radical (unpaired) electrons. The topological polar surface area (TPSA) is 43.3 Å². The molecule has 1 aliphatic rings. The Morgan fingerprint density at radius 2 is 2.04 bits per heavy atom. The van der Waals surface area contributed by atoms with Crippen molar-refractivity contribution in [1.29, 1.82) is 0 Å². The first-order valence-corrected chi connectivity index (χ1v) is 9.37. The van der Waals surface area contributed by atoms with Crippen molar-refractivity contribution in [3.63, 3.8) is 0 Å². The monoisotopic (exact) mass is 386 g/mol. The van der Waals surface area contributed by atoms with Crippen LogP contribution in [0.5, 0.6) is 5.75 Å². The third kappa shape index (κ3) is 4.18. The zero-order valence-corrected chi connectivity index (χ0v) is 16.9. The van der Waals surface area contributed by atoms with E-state index >= 15 is 0 Å². The van der Waals surface area contributed by atoms with Gasteiger partial charge in [0, 0.05) is 30.8 Å². The van der Waals surface area contributed by atoms with E-state index in [4.69, 9.17) is 14.2 Å². The van der Waals surface area contributed by atoms with Crippen molar-refractivity contribution in [1.82, 2.24) is 4.90 Å². The van der Waals surface area contributed by atoms with Gasteiger partial charge in [-0.2, -0.15) is 0 Å². The summed E-state index contributed by atoms with van der Waals surface area (Å²) in [6, 6.07) is 10.6. The number of rotatable bonds is 8. The van der Waals surface area contributed by atoms with Crippen LogP contribution in [0.4, 0.5) is 10.1 Å². The van der Waals surface area contributed by atoms with Gasteiger partial charge in [0.15, 0.2) is 0 Å². The number of methoxy groups -OCH3 is 1. The predicted molar refractivity (Wildman–Crippen MR) is 108 cm³/mol. The first-order valence-electron chi connectivity index (χ1n) is 9.37. The van der Waals surface area contributed by atoms with E-state index in [-0.39, 0.29) is 12.4 Å². The first-order chi connectivity index (χ1) is 13.5. The number of ether oxygens (including phenoxy) is 3. The fourth-order valence-electron chi connectivity index (χ4n) is 3.02. The number of nitrogens with zero attached hydrogens (tertiary/aromatic N) is 2. The van der Waals surface area contributed by atoms with Gasteiger partial charge in [-0.15, -0.1) is 0 Å². The Morgan fingerprint density at radius 3 is 2.64 bits per heavy atom. The van der Waals surface area contributed by atoms with Crippen LogP contribution in [-0.4, -0.2) is 45.2 Å². The van der Waals surface area contributed by atoms with E-state index < -0.39 is 5.60 Å². The number of hydrogen-bond acceptors (Lipinski definition) is 4. The quantitative estimate of drug-likeness (QED) is 0.504. The SMILES string of the molecule is CCN(C)C=Nc1cc(OC)c(C2(OCc3ccccc3F)COC2)cc1C. The van der Waals surface area contributed by atoms with Gasteiger partial charge in [0.25, 0.3) is 0 Å². The molecule has 0 atom stereocenters. The lowest BCUT2D eigenvalue weighted by Gasteiger charge is -2.42. The van der Waals surface area contributed by atoms with Crippen molar-refractivity contribution in [3.8, 4) is 5.75 Å². The predicted octanol–water partition coefficient (Wildman–Crippen LogP) is 4.20. The van der Waals surface area contributed by atoms with Gasteiger partial charge in [-0.05, 0) is 31.5 Å². The third-order valence-corrected chi connectivity index (χ3v) is 5.03. The molecule has 0 spiro atoms. The van der Waals surface area contributed by atoms with Crippen LogP contribution in [-0.2, 0) is 21.7 Å². The summed E-state index contributed by atoms with van der Waals surface area (Å²) in [5, 5.41) is 0. The van der Waals surface area contributed by atoms with Gasteiger partial charge in [0.1, 0.15) is 17.2 Å². The second-order valence-corrected chi connectivity index (χ2v) is 7.02. The summed E-state index contributed by atoms with van der Waals surface area (Å²) in [7, 11) is 3.60. The molecule has 3 rings (SSSR count). The highest BCUT2D eigenvalue weighted by Crippen LogP contribution is 2.42. The van der Waals surface area contributed by atoms with Crippen LogP contribution >= 0.6 is 0 Å². The molecule has 1 heterocycles. The summed E-state index contributed by atoms with van der Waals surface area (Å²) in [5.74, 6) is 0.416. The Kier molecular flexibility index (Phi) is 6.31. The van der Waals surface area contributed by atoms with Crippen LogP contribution in [0, 0.1) is 12.7 Å². The highest BCUT2D eigenvalue weighted by atomic mass is 19.1. The molecule has 0 aliphatic carbocycles. The number of halogens is 1. The third-order valence-electron chi connectivity index (χ3n) is 5.03. The van der Waals surface area contributed by atoms with Crippen molar-refractivity contribution in [2.45, 2.75) is 26.1 Å². The largest absolute Gasteiger partial charge is 0.496 e. The fraction of sp³-hybridized carbons (Fsp3) is 0.409. The zero-order chi connectivity index (χ0) is 20.1. The molecule has 1 aliphatic heterocycles. The van der Waals surface area contributed by atoms with E-state index in [2.05, 4.69) is 11.9 Å². The first kappa shape index (κ1) is 20.3. The van der Waals surface area contributed by atoms with Crippen molar-refractivity contribution in [2.75, 3.05) is 33.9 Å². The van der Waals surface area contributed by atoms with Crippen LogP contribution in [0.15, 0.2) is 41.4 Å². The van der Waals surface area contributed by atoms with Gasteiger partial charge in [-0.1, -0.05) is 18.2 Å². The van der Waals surface area contributed by atoms with E-state index in [1.807, 2.05) is 31.0 Å². The lowest BCUT2D eigenvalue weighted by Crippen LogP contribution is -2.49. The Labute approximate surface area is 165 Å². The molecule has 0 bridgehead atoms. The smallest absolute Gasteiger partial charge is 0.143 e. The van der Waals surface area contributed by atoms with Gasteiger partial charge >= 0.3 is 0 Å². The Balaban J connectivity index is 1.88. The lowest BCUT2D eigenvalue weighted by molar-refractivity contribution is -0.223. The summed E-state index contributed by atoms with van der Waals surface area (Å²) in [4.78, 5) is 6.56. The Hall–Kier alpha value is -2.44. The van der Waals surface area contributed by atoms with Gasteiger partial charge in [-0.3, -0.25) is 0 Å². The van der Waals surface area contributed by atoms with E-state index in [0.29, 0.717) is 24.5 Å². The fourth-order valence-corrected chi connectivity index (χ4v) is 3.02. The maximum atomic E-state index is 14.0. The summed E-state index contributed by atoms with van der Waals surface area (Å²) in [6.07, 6.45) is 1.80. The van der Waals surface area contributed by atoms with E-state index in [1.54, 1.807) is 31.6 Å². The molecule has 0 aromatic heterocycles. The molecular formula is C22H27FN2O3. The molecule has 28 heavy (non-hydrogen) atoms. The summed E-state index contributed by atoms with van der Waals surface area (Å²) >= 11 is 0. The normalized spacial score (nSPS) is 15.5. The summed E-state index contributed by atoms with van der Waals surface area (Å²) in [6.45, 7) is 5.92. The Morgan fingerprint density at radius 1 is 1.29 bits per heavy atom. The summed E-state index contributed by atoms with van der Waals surface area (Å²) < 4.78 is 31.3. The summed E-state index contributed by atoms with van der Waals surface area (Å²) in [5.41, 5.74) is 2.62. The molecule has 5 nitrogen and oxygen atoms in total. The molecule has 0 amide bonds. The van der Waals surface area contributed by atoms with E-state index in [0.717, 1.165) is 23.4 Å². The second-order valence-electron chi connectivity index (χ2n) is 7.02. The number of aryl methyl sites for hydroxylation is 1. The standard InChI is InChI=1S/C22H27FN2O3/c1-5-25(3)15-24-20-11-21(26-4)18(10-16(20)2)22(13-27-14-22)28-12-17-8-6-7-9-19(17)23/h6-11,15H,5,12-14H2,1-4H3. The van der Waals surface area contributed by atoms with Gasteiger partial charge < -0.3 is 19.1 Å². The minimum atomic E-state index is -0.652. The molecule has 6 heteroatoms. The minimum Gasteiger partial charge on any atom is -0.496 e. The lowest BCUT2D eigenvalue weighted by atomic mass is 9.89. The van der Waals surface area contributed by atoms with Crippen molar-refractivity contribution in [2.24, 2.45) is 4.99 Å². The molecule has 150 valence electrons. The van der Waals surface area contributed by atoms with E-state index in [1.165, 1.54) is 6.07 Å². The molecule has 2 aromatic carbocycles. The molecule has 1 saturated heterocycles. The average molecular weight is 386 g/mol. The van der Waals surface area contributed by atoms with E-state index in [9.17, 15) is 4.39 Å². The molecule has 2 aromatic rings. The van der Waals surface area contributed by atoms with Crippen LogP contribution in [0.1, 0.15) is 23.6 Å². The Bertz CT molecular complexity index is 850. The average Bonchev–Trinajstić information content (AvgIpc) is 2.67. The molecule has 0 N–H and O–H groups in total. The molecule has 0 unspecified atom stereocenters. The molecule has 1 fully saturated rings. The second kappa shape index (κ2) is 8.71. The highest BCUT2D eigenvalue weighted by Gasteiger charge is 2.44. The molecule has 0 saturated carbocycles. The maximum absolute atomic E-state index is 14.0. The van der Waals surface area contributed by atoms with Crippen LogP contribution in [0.2, 0.25) is 0 Å². The minimum absolute atomic E-state index is 0.166. The van der Waals surface area contributed by atoms with Gasteiger partial charge in [0.2, 0.25) is 0 Å². The van der Waals surface area contributed by atoms with Crippen molar-refractivity contribution in [3.05, 3.63) is 58.9 Å².